The van der Waals surface area contributed by atoms with Crippen LogP contribution in [-0.4, -0.2) is 29.7 Å². The van der Waals surface area contributed by atoms with E-state index in [2.05, 4.69) is 27.6 Å². The third-order valence-electron chi connectivity index (χ3n) is 2.97. The van der Waals surface area contributed by atoms with Crippen LogP contribution >= 0.6 is 22.6 Å². The van der Waals surface area contributed by atoms with E-state index in [0.717, 1.165) is 3.57 Å². The topological polar surface area (TPSA) is 94.7 Å². The molecular weight excluding hydrogens is 399 g/mol. The highest BCUT2D eigenvalue weighted by Gasteiger charge is 2.12. The Balaban J connectivity index is 2.05. The highest BCUT2D eigenvalue weighted by atomic mass is 127. The number of hydrogen-bond donors (Lipinski definition) is 2. The number of aliphatic hydroxyl groups excluding tert-OH is 1. The number of aromatic nitrogens is 1. The van der Waals surface area contributed by atoms with E-state index in [1.807, 2.05) is 0 Å². The Hall–Kier alpha value is -1.87. The molecule has 0 aliphatic carbocycles. The van der Waals surface area contributed by atoms with Crippen LogP contribution in [0.4, 0.5) is 0 Å². The molecule has 1 atom stereocenters. The van der Waals surface area contributed by atoms with Crippen LogP contribution in [0.2, 0.25) is 0 Å². The molecule has 1 heterocycles. The van der Waals surface area contributed by atoms with Crippen molar-refractivity contribution in [3.05, 3.63) is 51.2 Å². The zero-order chi connectivity index (χ0) is 16.1. The molecule has 1 unspecified atom stereocenters. The molecule has 1 aromatic carbocycles. The van der Waals surface area contributed by atoms with Gasteiger partial charge in [0.2, 0.25) is 11.8 Å². The Kier molecular flexibility index (Phi) is 5.56. The predicted octanol–water partition coefficient (Wildman–Crippen LogP) is 1.91. The van der Waals surface area contributed by atoms with Gasteiger partial charge < -0.3 is 20.3 Å². The lowest BCUT2D eigenvalue weighted by Crippen LogP contribution is -2.13. The lowest BCUT2D eigenvalue weighted by molar-refractivity contribution is 0.0997. The largest absolute Gasteiger partial charge is 0.489 e. The van der Waals surface area contributed by atoms with Crippen LogP contribution in [0.3, 0.4) is 0 Å². The van der Waals surface area contributed by atoms with Gasteiger partial charge in [0.1, 0.15) is 18.5 Å². The van der Waals surface area contributed by atoms with Gasteiger partial charge in [0.05, 0.1) is 10.7 Å². The summed E-state index contributed by atoms with van der Waals surface area (Å²) in [4.78, 5) is 15.2. The van der Waals surface area contributed by atoms with E-state index >= 15 is 0 Å². The first-order valence-corrected chi connectivity index (χ1v) is 7.49. The number of hydrogen-bond acceptors (Lipinski definition) is 5. The minimum Gasteiger partial charge on any atom is -0.489 e. The molecule has 6 nitrogen and oxygen atoms in total. The minimum atomic E-state index is -0.841. The molecule has 0 saturated carbocycles. The predicted molar refractivity (Wildman–Crippen MR) is 88.9 cm³/mol. The van der Waals surface area contributed by atoms with Crippen molar-refractivity contribution >= 4 is 28.5 Å². The van der Waals surface area contributed by atoms with Gasteiger partial charge in [-0.2, -0.15) is 0 Å². The highest BCUT2D eigenvalue weighted by molar-refractivity contribution is 14.1. The average Bonchev–Trinajstić information content (AvgIpc) is 2.53. The molecule has 3 N–H and O–H groups in total. The summed E-state index contributed by atoms with van der Waals surface area (Å²) in [6, 6.07) is 8.29. The second kappa shape index (κ2) is 7.41. The van der Waals surface area contributed by atoms with Crippen molar-refractivity contribution in [3.8, 4) is 11.6 Å². The van der Waals surface area contributed by atoms with Gasteiger partial charge in [-0.05, 0) is 46.9 Å². The van der Waals surface area contributed by atoms with Crippen LogP contribution in [0, 0.1) is 3.57 Å². The fraction of sp³-hybridized carbons (Fsp3) is 0.200. The summed E-state index contributed by atoms with van der Waals surface area (Å²) in [5.41, 5.74) is 6.21. The summed E-state index contributed by atoms with van der Waals surface area (Å²) >= 11 is 2.08. The smallest absolute Gasteiger partial charge is 0.248 e. The van der Waals surface area contributed by atoms with Gasteiger partial charge in [-0.15, -0.1) is 0 Å². The molecule has 7 heteroatoms. The summed E-state index contributed by atoms with van der Waals surface area (Å²) in [5.74, 6) is 0.444. The van der Waals surface area contributed by atoms with Crippen LogP contribution in [0.15, 0.2) is 36.5 Å². The second-order valence-electron chi connectivity index (χ2n) is 4.47. The van der Waals surface area contributed by atoms with E-state index < -0.39 is 12.0 Å². The quantitative estimate of drug-likeness (QED) is 0.705. The number of ether oxygens (including phenoxy) is 2. The number of halogens is 1. The van der Waals surface area contributed by atoms with Crippen molar-refractivity contribution in [2.24, 2.45) is 5.73 Å². The van der Waals surface area contributed by atoms with Crippen LogP contribution in [0.5, 0.6) is 11.6 Å². The third-order valence-corrected chi connectivity index (χ3v) is 3.86. The van der Waals surface area contributed by atoms with Crippen LogP contribution in [-0.2, 0) is 0 Å². The Bertz CT molecular complexity index is 661. The monoisotopic (exact) mass is 414 g/mol. The van der Waals surface area contributed by atoms with Gasteiger partial charge in [0.25, 0.3) is 0 Å². The summed E-state index contributed by atoms with van der Waals surface area (Å²) in [6.07, 6.45) is 0.684. The number of amides is 1. The van der Waals surface area contributed by atoms with E-state index in [9.17, 15) is 9.90 Å². The zero-order valence-electron chi connectivity index (χ0n) is 11.8. The number of primary amides is 1. The van der Waals surface area contributed by atoms with Gasteiger partial charge in [0, 0.05) is 23.4 Å². The molecule has 116 valence electrons. The maximum absolute atomic E-state index is 11.2. The van der Waals surface area contributed by atoms with Crippen LogP contribution in [0.1, 0.15) is 22.0 Å². The van der Waals surface area contributed by atoms with E-state index in [1.165, 1.54) is 13.3 Å². The third kappa shape index (κ3) is 4.08. The Morgan fingerprint density at radius 2 is 2.18 bits per heavy atom. The van der Waals surface area contributed by atoms with Crippen molar-refractivity contribution in [3.63, 3.8) is 0 Å². The van der Waals surface area contributed by atoms with Gasteiger partial charge in [0.15, 0.2) is 0 Å². The molecule has 0 aliphatic rings. The first-order chi connectivity index (χ1) is 10.5. The molecular formula is C15H15IN2O4. The number of carbonyl (C=O) groups is 1. The fourth-order valence-corrected chi connectivity index (χ4v) is 2.23. The number of methoxy groups -OCH3 is 1. The zero-order valence-corrected chi connectivity index (χ0v) is 14.0. The molecule has 0 radical (unpaired) electrons. The number of carbonyl (C=O) groups excluding carboxylic acids is 1. The molecule has 1 aromatic heterocycles. The van der Waals surface area contributed by atoms with E-state index in [1.54, 1.807) is 30.3 Å². The molecule has 2 rings (SSSR count). The number of aliphatic hydroxyl groups is 1. The normalized spacial score (nSPS) is 11.8. The van der Waals surface area contributed by atoms with E-state index in [-0.39, 0.29) is 6.61 Å². The first kappa shape index (κ1) is 16.5. The molecule has 2 aromatic rings. The molecule has 0 aliphatic heterocycles. The average molecular weight is 414 g/mol. The molecule has 0 fully saturated rings. The van der Waals surface area contributed by atoms with E-state index in [4.69, 9.17) is 15.2 Å². The molecule has 0 bridgehead atoms. The van der Waals surface area contributed by atoms with Crippen LogP contribution < -0.4 is 15.2 Å². The second-order valence-corrected chi connectivity index (χ2v) is 5.63. The maximum atomic E-state index is 11.2. The first-order valence-electron chi connectivity index (χ1n) is 6.41. The maximum Gasteiger partial charge on any atom is 0.248 e. The number of nitrogens with two attached hydrogens (primary N) is 1. The summed E-state index contributed by atoms with van der Waals surface area (Å²) < 4.78 is 11.4. The molecule has 22 heavy (non-hydrogen) atoms. The van der Waals surface area contributed by atoms with Gasteiger partial charge in [-0.3, -0.25) is 4.79 Å². The van der Waals surface area contributed by atoms with Crippen molar-refractivity contribution in [2.75, 3.05) is 13.7 Å². The highest BCUT2D eigenvalue weighted by Crippen LogP contribution is 2.24. The number of pyridine rings is 1. The standard InChI is InChI=1S/C15H15IN2O4/c1-21-14-5-3-10(7-18-14)12(19)8-22-13-6-9(15(17)20)2-4-11(13)16/h2-7,12,19H,8H2,1H3,(H2,17,20). The van der Waals surface area contributed by atoms with Gasteiger partial charge >= 0.3 is 0 Å². The Labute approximate surface area is 141 Å². The summed E-state index contributed by atoms with van der Waals surface area (Å²) in [7, 11) is 1.52. The van der Waals surface area contributed by atoms with Crippen molar-refractivity contribution in [1.82, 2.24) is 4.98 Å². The lowest BCUT2D eigenvalue weighted by Gasteiger charge is -2.14. The van der Waals surface area contributed by atoms with Crippen molar-refractivity contribution in [1.29, 1.82) is 0 Å². The Morgan fingerprint density at radius 1 is 1.41 bits per heavy atom. The van der Waals surface area contributed by atoms with E-state index in [0.29, 0.717) is 22.8 Å². The van der Waals surface area contributed by atoms with Gasteiger partial charge in [-0.25, -0.2) is 4.98 Å². The number of rotatable bonds is 6. The van der Waals surface area contributed by atoms with Crippen molar-refractivity contribution in [2.45, 2.75) is 6.10 Å². The number of nitrogens with zero attached hydrogens (tertiary/aromatic N) is 1. The summed E-state index contributed by atoms with van der Waals surface area (Å²) in [5, 5.41) is 10.1. The Morgan fingerprint density at radius 3 is 2.77 bits per heavy atom. The lowest BCUT2D eigenvalue weighted by atomic mass is 10.2. The van der Waals surface area contributed by atoms with Gasteiger partial charge in [-0.1, -0.05) is 0 Å². The fourth-order valence-electron chi connectivity index (χ4n) is 1.74. The van der Waals surface area contributed by atoms with Crippen LogP contribution in [0.25, 0.3) is 0 Å². The SMILES string of the molecule is COc1ccc(C(O)COc2cc(C(N)=O)ccc2I)cn1. The van der Waals surface area contributed by atoms with Crippen molar-refractivity contribution < 1.29 is 19.4 Å². The number of benzene rings is 1. The summed E-state index contributed by atoms with van der Waals surface area (Å²) in [6.45, 7) is 0.0340. The molecule has 0 spiro atoms. The minimum absolute atomic E-state index is 0.0340. The molecule has 1 amide bonds. The molecule has 0 saturated heterocycles.